The number of hydrogen-bond donors (Lipinski definition) is 0. The zero-order valence-electron chi connectivity index (χ0n) is 16.2. The third-order valence-corrected chi connectivity index (χ3v) is 7.52. The van der Waals surface area contributed by atoms with Crippen molar-refractivity contribution in [2.24, 2.45) is 5.92 Å². The molecule has 0 atom stereocenters. The lowest BCUT2D eigenvalue weighted by molar-refractivity contribution is 0.0692. The van der Waals surface area contributed by atoms with Crippen molar-refractivity contribution in [2.45, 2.75) is 19.4 Å². The van der Waals surface area contributed by atoms with E-state index in [1.165, 1.54) is 10.4 Å². The van der Waals surface area contributed by atoms with Crippen molar-refractivity contribution in [3.05, 3.63) is 47.3 Å². The van der Waals surface area contributed by atoms with Gasteiger partial charge in [-0.1, -0.05) is 0 Å². The van der Waals surface area contributed by atoms with Crippen LogP contribution in [0.5, 0.6) is 0 Å². The van der Waals surface area contributed by atoms with E-state index in [9.17, 15) is 13.2 Å². The Hall–Kier alpha value is -2.14. The Kier molecular flexibility index (Phi) is 6.04. The topological polar surface area (TPSA) is 97.6 Å². The molecule has 9 nitrogen and oxygen atoms in total. The van der Waals surface area contributed by atoms with Gasteiger partial charge in [-0.3, -0.25) is 14.3 Å². The van der Waals surface area contributed by atoms with Crippen LogP contribution in [0.2, 0.25) is 0 Å². The average Bonchev–Trinajstić information content (AvgIpc) is 2.77. The van der Waals surface area contributed by atoms with Crippen molar-refractivity contribution in [1.82, 2.24) is 23.1 Å². The Bertz CT molecular complexity index is 981. The van der Waals surface area contributed by atoms with Gasteiger partial charge < -0.3 is 4.74 Å². The van der Waals surface area contributed by atoms with Gasteiger partial charge in [-0.25, -0.2) is 4.98 Å². The van der Waals surface area contributed by atoms with Crippen LogP contribution >= 0.6 is 0 Å². The highest BCUT2D eigenvalue weighted by atomic mass is 32.2. The van der Waals surface area contributed by atoms with Crippen molar-refractivity contribution in [3.63, 3.8) is 0 Å². The molecule has 4 rings (SSSR count). The number of morpholine rings is 1. The van der Waals surface area contributed by atoms with E-state index in [1.54, 1.807) is 33.7 Å². The van der Waals surface area contributed by atoms with Gasteiger partial charge >= 0.3 is 0 Å². The highest BCUT2D eigenvalue weighted by Gasteiger charge is 2.33. The number of piperidine rings is 1. The fraction of sp³-hybridized carbons (Fsp3) is 0.526. The van der Waals surface area contributed by atoms with E-state index < -0.39 is 10.2 Å². The van der Waals surface area contributed by atoms with Gasteiger partial charge in [0.25, 0.3) is 15.8 Å². The Labute approximate surface area is 170 Å². The van der Waals surface area contributed by atoms with Crippen molar-refractivity contribution < 1.29 is 13.2 Å². The van der Waals surface area contributed by atoms with Gasteiger partial charge in [0.05, 0.1) is 25.2 Å². The number of pyridine rings is 1. The molecule has 2 aliphatic heterocycles. The Balaban J connectivity index is 1.37. The van der Waals surface area contributed by atoms with Gasteiger partial charge in [-0.05, 0) is 30.9 Å². The van der Waals surface area contributed by atoms with E-state index in [2.05, 4.69) is 9.97 Å². The maximum Gasteiger partial charge on any atom is 0.282 e. The van der Waals surface area contributed by atoms with Crippen molar-refractivity contribution in [1.29, 1.82) is 0 Å². The number of nitrogens with zero attached hydrogens (tertiary/aromatic N) is 5. The predicted molar refractivity (Wildman–Crippen MR) is 107 cm³/mol. The smallest absolute Gasteiger partial charge is 0.282 e. The number of ether oxygens (including phenoxy) is 1. The summed E-state index contributed by atoms with van der Waals surface area (Å²) in [4.78, 5) is 20.9. The first-order chi connectivity index (χ1) is 14.0. The summed E-state index contributed by atoms with van der Waals surface area (Å²) in [6, 6.07) is 5.19. The van der Waals surface area contributed by atoms with E-state index in [4.69, 9.17) is 4.74 Å². The molecule has 0 aromatic carbocycles. The van der Waals surface area contributed by atoms with Crippen LogP contribution in [0.1, 0.15) is 12.8 Å². The third-order valence-electron chi connectivity index (χ3n) is 5.49. The molecule has 0 bridgehead atoms. The molecular weight excluding hydrogens is 394 g/mol. The molecule has 2 saturated heterocycles. The van der Waals surface area contributed by atoms with Crippen molar-refractivity contribution in [2.75, 3.05) is 39.4 Å². The molecule has 0 saturated carbocycles. The van der Waals surface area contributed by atoms with Crippen molar-refractivity contribution in [3.8, 4) is 11.3 Å². The van der Waals surface area contributed by atoms with Crippen LogP contribution < -0.4 is 5.56 Å². The highest BCUT2D eigenvalue weighted by Crippen LogP contribution is 2.23. The molecule has 2 fully saturated rings. The molecule has 2 aromatic rings. The van der Waals surface area contributed by atoms with E-state index in [1.807, 2.05) is 6.07 Å². The fourth-order valence-corrected chi connectivity index (χ4v) is 5.39. The minimum atomic E-state index is -3.43. The maximum absolute atomic E-state index is 12.8. The van der Waals surface area contributed by atoms with Gasteiger partial charge in [0.15, 0.2) is 0 Å². The van der Waals surface area contributed by atoms with Crippen LogP contribution in [-0.2, 0) is 21.5 Å². The van der Waals surface area contributed by atoms with E-state index in [0.717, 1.165) is 18.4 Å². The second-order valence-electron chi connectivity index (χ2n) is 7.37. The first-order valence-corrected chi connectivity index (χ1v) is 11.2. The number of rotatable bonds is 5. The molecule has 0 N–H and O–H groups in total. The van der Waals surface area contributed by atoms with E-state index >= 15 is 0 Å². The largest absolute Gasteiger partial charge is 0.379 e. The first kappa shape index (κ1) is 20.1. The molecule has 2 aliphatic rings. The monoisotopic (exact) mass is 419 g/mol. The summed E-state index contributed by atoms with van der Waals surface area (Å²) in [5.41, 5.74) is 1.30. The van der Waals surface area contributed by atoms with E-state index in [0.29, 0.717) is 51.6 Å². The SMILES string of the molecule is O=c1cc(-c2cccnc2)ncn1CC1CCN(S(=O)(=O)N2CCOCC2)CC1. The Morgan fingerprint density at radius 1 is 1.10 bits per heavy atom. The molecule has 10 heteroatoms. The summed E-state index contributed by atoms with van der Waals surface area (Å²) >= 11 is 0. The molecular formula is C19H25N5O4S. The number of aromatic nitrogens is 3. The zero-order chi connectivity index (χ0) is 20.3. The minimum absolute atomic E-state index is 0.109. The summed E-state index contributed by atoms with van der Waals surface area (Å²) in [6.45, 7) is 3.20. The first-order valence-electron chi connectivity index (χ1n) is 9.84. The Morgan fingerprint density at radius 2 is 1.83 bits per heavy atom. The minimum Gasteiger partial charge on any atom is -0.379 e. The molecule has 29 heavy (non-hydrogen) atoms. The van der Waals surface area contributed by atoms with Gasteiger partial charge in [-0.2, -0.15) is 17.0 Å². The molecule has 0 radical (unpaired) electrons. The van der Waals surface area contributed by atoms with Crippen LogP contribution in [-0.4, -0.2) is 71.0 Å². The van der Waals surface area contributed by atoms with Crippen molar-refractivity contribution >= 4 is 10.2 Å². The van der Waals surface area contributed by atoms with Gasteiger partial charge in [0.1, 0.15) is 0 Å². The average molecular weight is 420 g/mol. The van der Waals surface area contributed by atoms with E-state index in [-0.39, 0.29) is 11.5 Å². The van der Waals surface area contributed by atoms with Crippen LogP contribution in [0.15, 0.2) is 41.7 Å². The Morgan fingerprint density at radius 3 is 2.48 bits per heavy atom. The predicted octanol–water partition coefficient (Wildman–Crippen LogP) is 0.594. The van der Waals surface area contributed by atoms with Gasteiger partial charge in [0, 0.05) is 56.7 Å². The van der Waals surface area contributed by atoms with Gasteiger partial charge in [0.2, 0.25) is 0 Å². The third kappa shape index (κ3) is 4.55. The zero-order valence-corrected chi connectivity index (χ0v) is 17.0. The standard InChI is InChI=1S/C19H25N5O4S/c25-19-12-18(17-2-1-5-20-13-17)21-15-22(19)14-16-3-6-23(7-4-16)29(26,27)24-8-10-28-11-9-24/h1-2,5,12-13,15-16H,3-4,6-11,14H2. The lowest BCUT2D eigenvalue weighted by Crippen LogP contribution is -2.51. The second kappa shape index (κ2) is 8.70. The lowest BCUT2D eigenvalue weighted by atomic mass is 9.98. The molecule has 0 aliphatic carbocycles. The summed E-state index contributed by atoms with van der Waals surface area (Å²) in [5.74, 6) is 0.245. The van der Waals surface area contributed by atoms with Crippen LogP contribution in [0.3, 0.4) is 0 Å². The summed E-state index contributed by atoms with van der Waals surface area (Å²) < 4.78 is 35.4. The molecule has 0 unspecified atom stereocenters. The number of hydrogen-bond acceptors (Lipinski definition) is 6. The molecule has 0 spiro atoms. The molecule has 2 aromatic heterocycles. The maximum atomic E-state index is 12.8. The quantitative estimate of drug-likeness (QED) is 0.704. The normalized spacial score (nSPS) is 20.0. The summed E-state index contributed by atoms with van der Waals surface area (Å²) in [6.07, 6.45) is 6.37. The second-order valence-corrected chi connectivity index (χ2v) is 9.30. The van der Waals surface area contributed by atoms with Crippen LogP contribution in [0, 0.1) is 5.92 Å². The molecule has 4 heterocycles. The summed E-state index contributed by atoms with van der Waals surface area (Å²) in [5, 5.41) is 0. The van der Waals surface area contributed by atoms with Crippen LogP contribution in [0.4, 0.5) is 0 Å². The lowest BCUT2D eigenvalue weighted by Gasteiger charge is -2.36. The van der Waals surface area contributed by atoms with Crippen LogP contribution in [0.25, 0.3) is 11.3 Å². The van der Waals surface area contributed by atoms with Gasteiger partial charge in [-0.15, -0.1) is 0 Å². The highest BCUT2D eigenvalue weighted by molar-refractivity contribution is 7.86. The summed E-state index contributed by atoms with van der Waals surface area (Å²) in [7, 11) is -3.43. The molecule has 0 amide bonds. The fourth-order valence-electron chi connectivity index (χ4n) is 3.78. The molecule has 156 valence electrons.